The van der Waals surface area contributed by atoms with Gasteiger partial charge in [-0.15, -0.1) is 21.5 Å². The van der Waals surface area contributed by atoms with Crippen LogP contribution in [-0.4, -0.2) is 39.5 Å². The molecule has 0 bridgehead atoms. The van der Waals surface area contributed by atoms with Crippen molar-refractivity contribution in [2.45, 2.75) is 69.0 Å². The number of nitriles is 1. The highest BCUT2D eigenvalue weighted by Crippen LogP contribution is 2.41. The van der Waals surface area contributed by atoms with Crippen LogP contribution in [0.4, 0.5) is 10.9 Å². The fraction of sp³-hybridized carbons (Fsp3) is 0.619. The number of anilines is 2. The van der Waals surface area contributed by atoms with E-state index in [1.807, 2.05) is 0 Å². The molecule has 7 nitrogen and oxygen atoms in total. The van der Waals surface area contributed by atoms with Gasteiger partial charge in [0.15, 0.2) is 5.16 Å². The average molecular weight is 443 g/mol. The van der Waals surface area contributed by atoms with Crippen molar-refractivity contribution in [1.29, 1.82) is 5.26 Å². The highest BCUT2D eigenvalue weighted by molar-refractivity contribution is 7.99. The molecule has 1 saturated heterocycles. The molecule has 3 heterocycles. The summed E-state index contributed by atoms with van der Waals surface area (Å²) in [6.07, 6.45) is 10.3. The highest BCUT2D eigenvalue weighted by atomic mass is 32.2. The number of hydrogen-bond donors (Lipinski definition) is 1. The van der Waals surface area contributed by atoms with Crippen LogP contribution in [-0.2, 0) is 17.6 Å². The Morgan fingerprint density at radius 2 is 1.97 bits per heavy atom. The van der Waals surface area contributed by atoms with E-state index in [4.69, 9.17) is 0 Å². The molecule has 1 saturated carbocycles. The van der Waals surface area contributed by atoms with E-state index in [1.165, 1.54) is 35.9 Å². The summed E-state index contributed by atoms with van der Waals surface area (Å²) < 4.78 is 2.24. The number of thiophene rings is 1. The van der Waals surface area contributed by atoms with Crippen molar-refractivity contribution in [3.63, 3.8) is 0 Å². The molecule has 2 aromatic heterocycles. The summed E-state index contributed by atoms with van der Waals surface area (Å²) in [5.41, 5.74) is 1.82. The zero-order valence-electron chi connectivity index (χ0n) is 17.0. The SMILES string of the molecule is N#Cc1c(NC(=O)CSc2nnc(N3CCCCC3)n2C2CC2)sc2c1CCCC2. The molecule has 2 fully saturated rings. The second kappa shape index (κ2) is 8.60. The van der Waals surface area contributed by atoms with Gasteiger partial charge >= 0.3 is 0 Å². The molecule has 2 aromatic rings. The molecular formula is C21H26N6OS2. The van der Waals surface area contributed by atoms with Gasteiger partial charge in [-0.25, -0.2) is 0 Å². The van der Waals surface area contributed by atoms with Crippen molar-refractivity contribution in [3.05, 3.63) is 16.0 Å². The lowest BCUT2D eigenvalue weighted by Crippen LogP contribution is -2.32. The van der Waals surface area contributed by atoms with E-state index in [-0.39, 0.29) is 11.7 Å². The topological polar surface area (TPSA) is 86.8 Å². The summed E-state index contributed by atoms with van der Waals surface area (Å²) in [5, 5.41) is 23.0. The van der Waals surface area contributed by atoms with E-state index < -0.39 is 0 Å². The minimum absolute atomic E-state index is 0.0834. The van der Waals surface area contributed by atoms with Gasteiger partial charge in [0.05, 0.1) is 11.3 Å². The molecule has 0 spiro atoms. The summed E-state index contributed by atoms with van der Waals surface area (Å²) in [7, 11) is 0. The number of hydrogen-bond acceptors (Lipinski definition) is 7. The predicted octanol–water partition coefficient (Wildman–Crippen LogP) is 4.15. The van der Waals surface area contributed by atoms with Gasteiger partial charge < -0.3 is 10.2 Å². The number of carbonyl (C=O) groups is 1. The molecular weight excluding hydrogens is 416 g/mol. The van der Waals surface area contributed by atoms with Crippen molar-refractivity contribution in [2.24, 2.45) is 0 Å². The first-order valence-electron chi connectivity index (χ1n) is 10.9. The number of aromatic nitrogens is 3. The van der Waals surface area contributed by atoms with E-state index in [0.29, 0.717) is 16.6 Å². The molecule has 9 heteroatoms. The Morgan fingerprint density at radius 1 is 1.17 bits per heavy atom. The van der Waals surface area contributed by atoms with Gasteiger partial charge in [-0.2, -0.15) is 5.26 Å². The van der Waals surface area contributed by atoms with Gasteiger partial charge in [0, 0.05) is 24.0 Å². The largest absolute Gasteiger partial charge is 0.341 e. The molecule has 1 N–H and O–H groups in total. The Kier molecular flexibility index (Phi) is 5.70. The lowest BCUT2D eigenvalue weighted by Gasteiger charge is -2.27. The first-order chi connectivity index (χ1) is 14.7. The van der Waals surface area contributed by atoms with Crippen molar-refractivity contribution < 1.29 is 4.79 Å². The van der Waals surface area contributed by atoms with Gasteiger partial charge in [-0.3, -0.25) is 9.36 Å². The Labute approximate surface area is 184 Å². The Balaban J connectivity index is 1.27. The fourth-order valence-electron chi connectivity index (χ4n) is 4.39. The maximum Gasteiger partial charge on any atom is 0.235 e. The molecule has 2 aliphatic carbocycles. The molecule has 1 aliphatic heterocycles. The molecule has 158 valence electrons. The third-order valence-electron chi connectivity index (χ3n) is 6.07. The zero-order valence-corrected chi connectivity index (χ0v) is 18.7. The van der Waals surface area contributed by atoms with Crippen molar-refractivity contribution in [1.82, 2.24) is 14.8 Å². The number of nitrogens with zero attached hydrogens (tertiary/aromatic N) is 5. The standard InChI is InChI=1S/C21H26N6OS2/c22-12-16-15-6-2-3-7-17(15)30-19(16)23-18(28)13-29-21-25-24-20(27(21)14-8-9-14)26-10-4-1-5-11-26/h14H,1-11,13H2,(H,23,28). The molecule has 1 amide bonds. The molecule has 0 radical (unpaired) electrons. The predicted molar refractivity (Wildman–Crippen MR) is 119 cm³/mol. The van der Waals surface area contributed by atoms with E-state index >= 15 is 0 Å². The van der Waals surface area contributed by atoms with Crippen LogP contribution in [0.25, 0.3) is 0 Å². The number of fused-ring (bicyclic) bond motifs is 1. The first-order valence-corrected chi connectivity index (χ1v) is 12.7. The van der Waals surface area contributed by atoms with E-state index in [9.17, 15) is 10.1 Å². The number of aryl methyl sites for hydroxylation is 1. The van der Waals surface area contributed by atoms with Crippen LogP contribution in [0.5, 0.6) is 0 Å². The Morgan fingerprint density at radius 3 is 2.73 bits per heavy atom. The summed E-state index contributed by atoms with van der Waals surface area (Å²) in [6.45, 7) is 2.08. The van der Waals surface area contributed by atoms with Crippen LogP contribution in [0.3, 0.4) is 0 Å². The molecule has 3 aliphatic rings. The van der Waals surface area contributed by atoms with Gasteiger partial charge in [-0.1, -0.05) is 11.8 Å². The van der Waals surface area contributed by atoms with Crippen LogP contribution < -0.4 is 10.2 Å². The molecule has 0 unspecified atom stereocenters. The van der Waals surface area contributed by atoms with Crippen molar-refractivity contribution >= 4 is 40.0 Å². The second-order valence-electron chi connectivity index (χ2n) is 8.30. The van der Waals surface area contributed by atoms with Gasteiger partial charge in [0.2, 0.25) is 11.9 Å². The third-order valence-corrected chi connectivity index (χ3v) is 8.22. The summed E-state index contributed by atoms with van der Waals surface area (Å²) in [4.78, 5) is 16.3. The van der Waals surface area contributed by atoms with E-state index in [0.717, 1.165) is 68.3 Å². The lowest BCUT2D eigenvalue weighted by atomic mass is 9.96. The maximum atomic E-state index is 12.7. The summed E-state index contributed by atoms with van der Waals surface area (Å²) >= 11 is 3.02. The number of rotatable bonds is 6. The fourth-order valence-corrected chi connectivity index (χ4v) is 6.45. The van der Waals surface area contributed by atoms with Crippen LogP contribution in [0.15, 0.2) is 5.16 Å². The average Bonchev–Trinajstić information content (AvgIpc) is 3.42. The highest BCUT2D eigenvalue weighted by Gasteiger charge is 2.32. The van der Waals surface area contributed by atoms with Crippen LogP contribution in [0.2, 0.25) is 0 Å². The maximum absolute atomic E-state index is 12.7. The van der Waals surface area contributed by atoms with Crippen LogP contribution in [0, 0.1) is 11.3 Å². The minimum atomic E-state index is -0.0834. The van der Waals surface area contributed by atoms with Crippen LogP contribution in [0.1, 0.15) is 67.0 Å². The number of carbonyl (C=O) groups excluding carboxylic acids is 1. The summed E-state index contributed by atoms with van der Waals surface area (Å²) in [5.74, 6) is 1.16. The van der Waals surface area contributed by atoms with Crippen molar-refractivity contribution in [3.8, 4) is 6.07 Å². The Bertz CT molecular complexity index is 981. The van der Waals surface area contributed by atoms with Gasteiger partial charge in [0.1, 0.15) is 11.1 Å². The number of thioether (sulfide) groups is 1. The number of piperidine rings is 1. The van der Waals surface area contributed by atoms with Crippen LogP contribution >= 0.6 is 23.1 Å². The second-order valence-corrected chi connectivity index (χ2v) is 10.3. The molecule has 0 aromatic carbocycles. The summed E-state index contributed by atoms with van der Waals surface area (Å²) in [6, 6.07) is 2.78. The number of amides is 1. The minimum Gasteiger partial charge on any atom is -0.341 e. The van der Waals surface area contributed by atoms with Crippen molar-refractivity contribution in [2.75, 3.05) is 29.1 Å². The monoisotopic (exact) mass is 442 g/mol. The quantitative estimate of drug-likeness (QED) is 0.677. The zero-order chi connectivity index (χ0) is 20.5. The van der Waals surface area contributed by atoms with Gasteiger partial charge in [-0.05, 0) is 63.4 Å². The molecule has 30 heavy (non-hydrogen) atoms. The smallest absolute Gasteiger partial charge is 0.235 e. The van der Waals surface area contributed by atoms with E-state index in [1.54, 1.807) is 11.3 Å². The normalized spacial score (nSPS) is 18.7. The Hall–Kier alpha value is -2.05. The lowest BCUT2D eigenvalue weighted by molar-refractivity contribution is -0.113. The van der Waals surface area contributed by atoms with Gasteiger partial charge in [0.25, 0.3) is 0 Å². The first kappa shape index (κ1) is 19.9. The molecule has 0 atom stereocenters. The molecule has 5 rings (SSSR count). The third kappa shape index (κ3) is 3.95. The number of nitrogens with one attached hydrogen (secondary N) is 1. The van der Waals surface area contributed by atoms with E-state index in [2.05, 4.69) is 31.1 Å².